The van der Waals surface area contributed by atoms with Gasteiger partial charge < -0.3 is 15.7 Å². The summed E-state index contributed by atoms with van der Waals surface area (Å²) >= 11 is 0. The van der Waals surface area contributed by atoms with Gasteiger partial charge in [0.25, 0.3) is 0 Å². The molecule has 0 radical (unpaired) electrons. The predicted molar refractivity (Wildman–Crippen MR) is 73.2 cm³/mol. The van der Waals surface area contributed by atoms with Crippen molar-refractivity contribution in [3.05, 3.63) is 30.1 Å². The molecule has 6 nitrogen and oxygen atoms in total. The maximum Gasteiger partial charge on any atom is 0.315 e. The molecule has 1 unspecified atom stereocenters. The molecule has 1 aromatic heterocycles. The molecule has 1 heterocycles. The number of carboxylic acid groups (broad SMARTS) is 1. The molecule has 2 rings (SSSR count). The molecule has 1 aliphatic rings. The van der Waals surface area contributed by atoms with E-state index in [0.29, 0.717) is 18.9 Å². The van der Waals surface area contributed by atoms with Gasteiger partial charge in [0.1, 0.15) is 0 Å². The lowest BCUT2D eigenvalue weighted by atomic mass is 10.1. The van der Waals surface area contributed by atoms with Crippen LogP contribution in [0.2, 0.25) is 0 Å². The second-order valence-corrected chi connectivity index (χ2v) is 5.05. The third-order valence-electron chi connectivity index (χ3n) is 3.32. The fraction of sp³-hybridized carbons (Fsp3) is 0.500. The third-order valence-corrected chi connectivity index (χ3v) is 3.32. The van der Waals surface area contributed by atoms with Gasteiger partial charge in [-0.2, -0.15) is 0 Å². The van der Waals surface area contributed by atoms with Crippen molar-refractivity contribution in [3.63, 3.8) is 0 Å². The van der Waals surface area contributed by atoms with Gasteiger partial charge in [0, 0.05) is 25.0 Å². The van der Waals surface area contributed by atoms with Crippen LogP contribution in [0.25, 0.3) is 0 Å². The summed E-state index contributed by atoms with van der Waals surface area (Å²) < 4.78 is 0. The maximum atomic E-state index is 11.7. The number of aromatic nitrogens is 1. The maximum absolute atomic E-state index is 11.7. The molecule has 3 N–H and O–H groups in total. The van der Waals surface area contributed by atoms with Crippen LogP contribution in [0, 0.1) is 5.92 Å². The van der Waals surface area contributed by atoms with Gasteiger partial charge >= 0.3 is 12.0 Å². The van der Waals surface area contributed by atoms with Crippen LogP contribution in [0.1, 0.15) is 24.8 Å². The molecule has 0 spiro atoms. The number of nitrogens with zero attached hydrogens (tertiary/aromatic N) is 1. The van der Waals surface area contributed by atoms with Crippen molar-refractivity contribution in [1.29, 1.82) is 0 Å². The molecule has 1 saturated carbocycles. The molecule has 1 atom stereocenters. The molecule has 20 heavy (non-hydrogen) atoms. The molecule has 0 aromatic carbocycles. The summed E-state index contributed by atoms with van der Waals surface area (Å²) in [6, 6.07) is 3.24. The Kier molecular flexibility index (Phi) is 4.92. The van der Waals surface area contributed by atoms with Crippen LogP contribution in [0.5, 0.6) is 0 Å². The number of aliphatic carboxylic acids is 1. The molecule has 0 saturated heterocycles. The number of carboxylic acids is 1. The molecule has 1 fully saturated rings. The Labute approximate surface area is 117 Å². The summed E-state index contributed by atoms with van der Waals surface area (Å²) in [4.78, 5) is 26.5. The fourth-order valence-electron chi connectivity index (χ4n) is 2.11. The number of carbonyl (C=O) groups excluding carboxylic acids is 1. The number of rotatable bonds is 7. The van der Waals surface area contributed by atoms with Crippen molar-refractivity contribution in [2.75, 3.05) is 6.54 Å². The Balaban J connectivity index is 1.70. The smallest absolute Gasteiger partial charge is 0.315 e. The monoisotopic (exact) mass is 277 g/mol. The van der Waals surface area contributed by atoms with Crippen molar-refractivity contribution < 1.29 is 14.7 Å². The van der Waals surface area contributed by atoms with Gasteiger partial charge in [-0.15, -0.1) is 0 Å². The van der Waals surface area contributed by atoms with E-state index in [1.165, 1.54) is 0 Å². The molecular weight excluding hydrogens is 258 g/mol. The average molecular weight is 277 g/mol. The number of amides is 2. The summed E-state index contributed by atoms with van der Waals surface area (Å²) in [6.45, 7) is 0.502. The Morgan fingerprint density at radius 3 is 2.85 bits per heavy atom. The zero-order valence-corrected chi connectivity index (χ0v) is 11.2. The van der Waals surface area contributed by atoms with Gasteiger partial charge in [0.05, 0.1) is 6.42 Å². The summed E-state index contributed by atoms with van der Waals surface area (Å²) in [6.07, 6.45) is 6.14. The minimum atomic E-state index is -0.877. The summed E-state index contributed by atoms with van der Waals surface area (Å²) in [7, 11) is 0. The largest absolute Gasteiger partial charge is 0.481 e. The molecular formula is C14H19N3O3. The quantitative estimate of drug-likeness (QED) is 0.698. The van der Waals surface area contributed by atoms with E-state index in [1.54, 1.807) is 12.4 Å². The van der Waals surface area contributed by atoms with Crippen molar-refractivity contribution in [1.82, 2.24) is 15.6 Å². The predicted octanol–water partition coefficient (Wildman–Crippen LogP) is 1.18. The number of urea groups is 1. The molecule has 6 heteroatoms. The third kappa shape index (κ3) is 4.87. The molecule has 1 aromatic rings. The zero-order valence-electron chi connectivity index (χ0n) is 11.2. The number of hydrogen-bond donors (Lipinski definition) is 3. The van der Waals surface area contributed by atoms with Crippen LogP contribution in [-0.4, -0.2) is 34.7 Å². The molecule has 108 valence electrons. The van der Waals surface area contributed by atoms with Crippen molar-refractivity contribution in [3.8, 4) is 0 Å². The van der Waals surface area contributed by atoms with Crippen molar-refractivity contribution in [2.24, 2.45) is 5.92 Å². The molecule has 2 amide bonds. The fourth-order valence-corrected chi connectivity index (χ4v) is 2.11. The minimum absolute atomic E-state index is 0.0132. The highest BCUT2D eigenvalue weighted by atomic mass is 16.4. The number of nitrogens with one attached hydrogen (secondary N) is 2. The number of carbonyl (C=O) groups is 2. The summed E-state index contributed by atoms with van der Waals surface area (Å²) in [5.74, 6) is -0.562. The Hall–Kier alpha value is -2.11. The van der Waals surface area contributed by atoms with Crippen LogP contribution >= 0.6 is 0 Å². The first-order valence-corrected chi connectivity index (χ1v) is 6.80. The second kappa shape index (κ2) is 6.88. The van der Waals surface area contributed by atoms with Gasteiger partial charge in [-0.25, -0.2) is 4.79 Å². The topological polar surface area (TPSA) is 91.3 Å². The SMILES string of the molecule is O=C(O)CC(NC(=O)NCCc1cccnc1)C1CC1. The molecule has 1 aliphatic carbocycles. The lowest BCUT2D eigenvalue weighted by molar-refractivity contribution is -0.137. The van der Waals surface area contributed by atoms with Crippen LogP contribution in [-0.2, 0) is 11.2 Å². The van der Waals surface area contributed by atoms with Crippen molar-refractivity contribution >= 4 is 12.0 Å². The Morgan fingerprint density at radius 2 is 2.25 bits per heavy atom. The van der Waals surface area contributed by atoms with E-state index >= 15 is 0 Å². The minimum Gasteiger partial charge on any atom is -0.481 e. The van der Waals surface area contributed by atoms with E-state index in [9.17, 15) is 9.59 Å². The van der Waals surface area contributed by atoms with Gasteiger partial charge in [0.15, 0.2) is 0 Å². The lowest BCUT2D eigenvalue weighted by Crippen LogP contribution is -2.44. The highest BCUT2D eigenvalue weighted by Gasteiger charge is 2.33. The van der Waals surface area contributed by atoms with E-state index < -0.39 is 5.97 Å². The molecule has 0 bridgehead atoms. The lowest BCUT2D eigenvalue weighted by Gasteiger charge is -2.16. The van der Waals surface area contributed by atoms with E-state index in [4.69, 9.17) is 5.11 Å². The first-order valence-electron chi connectivity index (χ1n) is 6.80. The summed E-state index contributed by atoms with van der Waals surface area (Å²) in [5, 5.41) is 14.3. The Bertz CT molecular complexity index is 460. The van der Waals surface area contributed by atoms with Crippen LogP contribution in [0.4, 0.5) is 4.79 Å². The van der Waals surface area contributed by atoms with E-state index in [1.807, 2.05) is 12.1 Å². The first-order chi connectivity index (χ1) is 9.65. The van der Waals surface area contributed by atoms with Gasteiger partial charge in [0.2, 0.25) is 0 Å². The first kappa shape index (κ1) is 14.3. The zero-order chi connectivity index (χ0) is 14.4. The number of hydrogen-bond acceptors (Lipinski definition) is 3. The van der Waals surface area contributed by atoms with Crippen LogP contribution < -0.4 is 10.6 Å². The highest BCUT2D eigenvalue weighted by molar-refractivity contribution is 5.75. The van der Waals surface area contributed by atoms with Gasteiger partial charge in [-0.1, -0.05) is 6.07 Å². The second-order valence-electron chi connectivity index (χ2n) is 5.05. The molecule has 0 aliphatic heterocycles. The normalized spacial score (nSPS) is 15.4. The number of pyridine rings is 1. The van der Waals surface area contributed by atoms with E-state index in [2.05, 4.69) is 15.6 Å². The van der Waals surface area contributed by atoms with Crippen molar-refractivity contribution in [2.45, 2.75) is 31.7 Å². The van der Waals surface area contributed by atoms with Gasteiger partial charge in [-0.3, -0.25) is 9.78 Å². The van der Waals surface area contributed by atoms with Gasteiger partial charge in [-0.05, 0) is 36.8 Å². The van der Waals surface area contributed by atoms with Crippen LogP contribution in [0.15, 0.2) is 24.5 Å². The van der Waals surface area contributed by atoms with E-state index in [0.717, 1.165) is 18.4 Å². The summed E-state index contributed by atoms with van der Waals surface area (Å²) in [5.41, 5.74) is 1.05. The van der Waals surface area contributed by atoms with E-state index in [-0.39, 0.29) is 18.5 Å². The average Bonchev–Trinajstić information content (AvgIpc) is 3.23. The Morgan fingerprint density at radius 1 is 1.45 bits per heavy atom. The standard InChI is InChI=1S/C14H19N3O3/c18-13(19)8-12(11-3-4-11)17-14(20)16-7-5-10-2-1-6-15-9-10/h1-2,6,9,11-12H,3-5,7-8H2,(H,18,19)(H2,16,17,20). The van der Waals surface area contributed by atoms with Crippen LogP contribution in [0.3, 0.4) is 0 Å². The highest BCUT2D eigenvalue weighted by Crippen LogP contribution is 2.33.